The van der Waals surface area contributed by atoms with Crippen LogP contribution in [0.4, 0.5) is 0 Å². The van der Waals surface area contributed by atoms with Gasteiger partial charge in [0.05, 0.1) is 4.88 Å². The summed E-state index contributed by atoms with van der Waals surface area (Å²) in [5.74, 6) is -1.10. The lowest BCUT2D eigenvalue weighted by Crippen LogP contribution is -2.40. The highest BCUT2D eigenvalue weighted by Crippen LogP contribution is 2.25. The SMILES string of the molecule is CCC[C@H](NC(=O)c1cc(-c2cccs2)on1)C(=O)O. The highest BCUT2D eigenvalue weighted by atomic mass is 32.1. The second-order valence-corrected chi connectivity index (χ2v) is 5.15. The molecule has 0 aliphatic heterocycles. The van der Waals surface area contributed by atoms with Gasteiger partial charge in [-0.25, -0.2) is 4.79 Å². The summed E-state index contributed by atoms with van der Waals surface area (Å²) >= 11 is 1.47. The number of rotatable bonds is 6. The van der Waals surface area contributed by atoms with Crippen molar-refractivity contribution < 1.29 is 19.2 Å². The number of carbonyl (C=O) groups is 2. The molecule has 6 nitrogen and oxygen atoms in total. The molecule has 2 aromatic rings. The summed E-state index contributed by atoms with van der Waals surface area (Å²) in [6.07, 6.45) is 1.03. The van der Waals surface area contributed by atoms with Gasteiger partial charge in [0, 0.05) is 6.07 Å². The van der Waals surface area contributed by atoms with Crippen LogP contribution in [0.1, 0.15) is 30.3 Å². The van der Waals surface area contributed by atoms with Crippen molar-refractivity contribution in [3.63, 3.8) is 0 Å². The smallest absolute Gasteiger partial charge is 0.326 e. The molecule has 2 rings (SSSR count). The van der Waals surface area contributed by atoms with Gasteiger partial charge < -0.3 is 14.9 Å². The number of nitrogens with one attached hydrogen (secondary N) is 1. The Morgan fingerprint density at radius 1 is 1.55 bits per heavy atom. The standard InChI is InChI=1S/C13H14N2O4S/c1-2-4-8(13(17)18)14-12(16)9-7-10(19-15-9)11-5-3-6-20-11/h3,5-8H,2,4H2,1H3,(H,14,16)(H,17,18)/t8-/m0/s1. The number of aromatic nitrogens is 1. The van der Waals surface area contributed by atoms with Gasteiger partial charge in [0.2, 0.25) is 0 Å². The van der Waals surface area contributed by atoms with Crippen molar-refractivity contribution in [3.05, 3.63) is 29.3 Å². The van der Waals surface area contributed by atoms with E-state index in [1.807, 2.05) is 24.4 Å². The molecule has 0 unspecified atom stereocenters. The molecule has 106 valence electrons. The maximum absolute atomic E-state index is 11.9. The molecule has 0 fully saturated rings. The van der Waals surface area contributed by atoms with Crippen molar-refractivity contribution in [3.8, 4) is 10.6 Å². The predicted molar refractivity (Wildman–Crippen MR) is 73.6 cm³/mol. The number of thiophene rings is 1. The van der Waals surface area contributed by atoms with Gasteiger partial charge in [0.15, 0.2) is 11.5 Å². The highest BCUT2D eigenvalue weighted by Gasteiger charge is 2.22. The van der Waals surface area contributed by atoms with Crippen LogP contribution >= 0.6 is 11.3 Å². The first-order valence-electron chi connectivity index (χ1n) is 6.16. The zero-order valence-electron chi connectivity index (χ0n) is 10.8. The van der Waals surface area contributed by atoms with Gasteiger partial charge in [-0.3, -0.25) is 4.79 Å². The van der Waals surface area contributed by atoms with Crippen LogP contribution in [-0.2, 0) is 4.79 Å². The minimum Gasteiger partial charge on any atom is -0.480 e. The molecule has 2 heterocycles. The lowest BCUT2D eigenvalue weighted by molar-refractivity contribution is -0.139. The van der Waals surface area contributed by atoms with Gasteiger partial charge in [-0.15, -0.1) is 11.3 Å². The monoisotopic (exact) mass is 294 g/mol. The fraction of sp³-hybridized carbons (Fsp3) is 0.308. The Hall–Kier alpha value is -2.15. The molecule has 0 saturated heterocycles. The third-order valence-electron chi connectivity index (χ3n) is 2.69. The lowest BCUT2D eigenvalue weighted by atomic mass is 10.1. The molecule has 20 heavy (non-hydrogen) atoms. The van der Waals surface area contributed by atoms with Gasteiger partial charge in [0.25, 0.3) is 5.91 Å². The van der Waals surface area contributed by atoms with Crippen molar-refractivity contribution in [2.24, 2.45) is 0 Å². The Labute approximate surface area is 119 Å². The van der Waals surface area contributed by atoms with E-state index >= 15 is 0 Å². The van der Waals surface area contributed by atoms with Crippen molar-refractivity contribution in [1.29, 1.82) is 0 Å². The fourth-order valence-electron chi connectivity index (χ4n) is 1.70. The summed E-state index contributed by atoms with van der Waals surface area (Å²) in [5.41, 5.74) is 0.0794. The van der Waals surface area contributed by atoms with Gasteiger partial charge in [0.1, 0.15) is 6.04 Å². The zero-order chi connectivity index (χ0) is 14.5. The number of aliphatic carboxylic acids is 1. The van der Waals surface area contributed by atoms with Crippen molar-refractivity contribution in [2.45, 2.75) is 25.8 Å². The first-order chi connectivity index (χ1) is 9.61. The van der Waals surface area contributed by atoms with E-state index in [9.17, 15) is 9.59 Å². The third-order valence-corrected chi connectivity index (χ3v) is 3.57. The van der Waals surface area contributed by atoms with Crippen LogP contribution in [0.3, 0.4) is 0 Å². The molecule has 0 spiro atoms. The van der Waals surface area contributed by atoms with Crippen LogP contribution in [0, 0.1) is 0 Å². The van der Waals surface area contributed by atoms with E-state index in [2.05, 4.69) is 10.5 Å². The van der Waals surface area contributed by atoms with E-state index in [0.717, 1.165) is 4.88 Å². The van der Waals surface area contributed by atoms with Crippen LogP contribution in [-0.4, -0.2) is 28.2 Å². The summed E-state index contributed by atoms with van der Waals surface area (Å²) < 4.78 is 5.08. The molecule has 0 radical (unpaired) electrons. The Kier molecular flexibility index (Phi) is 4.52. The third kappa shape index (κ3) is 3.24. The summed E-state index contributed by atoms with van der Waals surface area (Å²) in [7, 11) is 0. The van der Waals surface area contributed by atoms with Crippen molar-refractivity contribution in [1.82, 2.24) is 10.5 Å². The van der Waals surface area contributed by atoms with Crippen LogP contribution in [0.25, 0.3) is 10.6 Å². The molecule has 0 aliphatic carbocycles. The Bertz CT molecular complexity index is 591. The van der Waals surface area contributed by atoms with E-state index < -0.39 is 17.9 Å². The Morgan fingerprint density at radius 3 is 2.95 bits per heavy atom. The highest BCUT2D eigenvalue weighted by molar-refractivity contribution is 7.13. The molecular weight excluding hydrogens is 280 g/mol. The first-order valence-corrected chi connectivity index (χ1v) is 7.04. The van der Waals surface area contributed by atoms with E-state index in [1.165, 1.54) is 17.4 Å². The number of carboxylic acid groups (broad SMARTS) is 1. The van der Waals surface area contributed by atoms with Crippen molar-refractivity contribution in [2.75, 3.05) is 0 Å². The normalized spacial score (nSPS) is 12.1. The molecule has 0 saturated carbocycles. The predicted octanol–water partition coefficient (Wildman–Crippen LogP) is 2.39. The fourth-order valence-corrected chi connectivity index (χ4v) is 2.37. The second kappa shape index (κ2) is 6.33. The molecule has 0 bridgehead atoms. The summed E-state index contributed by atoms with van der Waals surface area (Å²) in [5, 5.41) is 17.0. The minimum absolute atomic E-state index is 0.0794. The number of nitrogens with zero attached hydrogens (tertiary/aromatic N) is 1. The van der Waals surface area contributed by atoms with Crippen LogP contribution < -0.4 is 5.32 Å². The van der Waals surface area contributed by atoms with Gasteiger partial charge in [-0.05, 0) is 17.9 Å². The summed E-state index contributed by atoms with van der Waals surface area (Å²) in [4.78, 5) is 23.8. The molecule has 2 aromatic heterocycles. The molecular formula is C13H14N2O4S. The lowest BCUT2D eigenvalue weighted by Gasteiger charge is -2.11. The average molecular weight is 294 g/mol. The molecule has 0 aliphatic rings. The zero-order valence-corrected chi connectivity index (χ0v) is 11.6. The number of hydrogen-bond acceptors (Lipinski definition) is 5. The van der Waals surface area contributed by atoms with Gasteiger partial charge >= 0.3 is 5.97 Å². The number of carbonyl (C=O) groups excluding carboxylic acids is 1. The first kappa shape index (κ1) is 14.3. The van der Waals surface area contributed by atoms with Crippen molar-refractivity contribution >= 4 is 23.2 Å². The largest absolute Gasteiger partial charge is 0.480 e. The quantitative estimate of drug-likeness (QED) is 0.853. The summed E-state index contributed by atoms with van der Waals surface area (Å²) in [6.45, 7) is 1.85. The van der Waals surface area contributed by atoms with Crippen LogP contribution in [0.5, 0.6) is 0 Å². The molecule has 0 aromatic carbocycles. The number of hydrogen-bond donors (Lipinski definition) is 2. The molecule has 1 amide bonds. The van der Waals surface area contributed by atoms with E-state index in [4.69, 9.17) is 9.63 Å². The van der Waals surface area contributed by atoms with Gasteiger partial charge in [-0.2, -0.15) is 0 Å². The topological polar surface area (TPSA) is 92.4 Å². The molecule has 2 N–H and O–H groups in total. The Balaban J connectivity index is 2.08. The van der Waals surface area contributed by atoms with E-state index in [0.29, 0.717) is 18.6 Å². The minimum atomic E-state index is -1.05. The van der Waals surface area contributed by atoms with Crippen LogP contribution in [0.2, 0.25) is 0 Å². The summed E-state index contributed by atoms with van der Waals surface area (Å²) in [6, 6.07) is 4.31. The number of carboxylic acids is 1. The van der Waals surface area contributed by atoms with E-state index in [1.54, 1.807) is 0 Å². The Morgan fingerprint density at radius 2 is 2.35 bits per heavy atom. The van der Waals surface area contributed by atoms with Crippen LogP contribution in [0.15, 0.2) is 28.1 Å². The molecule has 1 atom stereocenters. The maximum atomic E-state index is 11.9. The maximum Gasteiger partial charge on any atom is 0.326 e. The molecule has 7 heteroatoms. The van der Waals surface area contributed by atoms with E-state index in [-0.39, 0.29) is 5.69 Å². The van der Waals surface area contributed by atoms with Gasteiger partial charge in [-0.1, -0.05) is 24.6 Å². The average Bonchev–Trinajstić information content (AvgIpc) is 3.08. The number of amides is 1. The second-order valence-electron chi connectivity index (χ2n) is 4.21.